The third-order valence-corrected chi connectivity index (χ3v) is 7.41. The summed E-state index contributed by atoms with van der Waals surface area (Å²) in [6.07, 6.45) is 0.972. The van der Waals surface area contributed by atoms with Gasteiger partial charge in [-0.05, 0) is 42.1 Å². The fourth-order valence-electron chi connectivity index (χ4n) is 3.48. The van der Waals surface area contributed by atoms with Crippen molar-refractivity contribution in [3.05, 3.63) is 52.3 Å². The second-order valence-electron chi connectivity index (χ2n) is 6.69. The molecular weight excluding hydrogens is 394 g/mol. The summed E-state index contributed by atoms with van der Waals surface area (Å²) in [7, 11) is 0. The van der Waals surface area contributed by atoms with E-state index in [1.165, 1.54) is 4.88 Å². The minimum Gasteiger partial charge on any atom is -0.454 e. The van der Waals surface area contributed by atoms with E-state index in [1.807, 2.05) is 40.9 Å². The van der Waals surface area contributed by atoms with Gasteiger partial charge < -0.3 is 14.4 Å². The van der Waals surface area contributed by atoms with Crippen LogP contribution in [0.5, 0.6) is 11.5 Å². The van der Waals surface area contributed by atoms with E-state index in [4.69, 9.17) is 9.47 Å². The molecule has 1 fully saturated rings. The van der Waals surface area contributed by atoms with Gasteiger partial charge in [-0.2, -0.15) is 16.9 Å². The molecule has 6 nitrogen and oxygen atoms in total. The van der Waals surface area contributed by atoms with Crippen molar-refractivity contribution in [3.63, 3.8) is 0 Å². The van der Waals surface area contributed by atoms with Gasteiger partial charge in [0.1, 0.15) is 5.69 Å². The van der Waals surface area contributed by atoms with E-state index in [0.717, 1.165) is 42.3 Å². The minimum atomic E-state index is 0.00641. The van der Waals surface area contributed by atoms with Gasteiger partial charge in [-0.15, -0.1) is 11.3 Å². The molecule has 0 saturated carbocycles. The summed E-state index contributed by atoms with van der Waals surface area (Å²) < 4.78 is 10.8. The predicted octanol–water partition coefficient (Wildman–Crippen LogP) is 4.19. The maximum Gasteiger partial charge on any atom is 0.271 e. The first kappa shape index (κ1) is 17.6. The molecular formula is C20H19N3O3S2. The second kappa shape index (κ2) is 7.52. The van der Waals surface area contributed by atoms with Crippen LogP contribution < -0.4 is 9.47 Å². The number of hydrogen-bond acceptors (Lipinski definition) is 6. The van der Waals surface area contributed by atoms with Crippen LogP contribution in [0.1, 0.15) is 27.0 Å². The monoisotopic (exact) mass is 413 g/mol. The highest BCUT2D eigenvalue weighted by Crippen LogP contribution is 2.37. The van der Waals surface area contributed by atoms with Crippen LogP contribution in [0.15, 0.2) is 41.8 Å². The maximum atomic E-state index is 13.0. The number of rotatable bonds is 3. The van der Waals surface area contributed by atoms with Crippen LogP contribution in [0.2, 0.25) is 0 Å². The Morgan fingerprint density at radius 3 is 3.00 bits per heavy atom. The summed E-state index contributed by atoms with van der Waals surface area (Å²) in [5.41, 5.74) is 2.14. The average Bonchev–Trinajstić information content (AvgIpc) is 3.46. The number of aromatic amines is 1. The topological polar surface area (TPSA) is 67.5 Å². The van der Waals surface area contributed by atoms with E-state index in [2.05, 4.69) is 27.7 Å². The van der Waals surface area contributed by atoms with E-state index >= 15 is 0 Å². The molecule has 4 heterocycles. The number of ether oxygens (including phenoxy) is 2. The third kappa shape index (κ3) is 3.38. The van der Waals surface area contributed by atoms with Crippen LogP contribution in [-0.4, -0.2) is 46.6 Å². The largest absolute Gasteiger partial charge is 0.454 e. The van der Waals surface area contributed by atoms with E-state index in [0.29, 0.717) is 16.7 Å². The van der Waals surface area contributed by atoms with Crippen LogP contribution in [0, 0.1) is 0 Å². The Labute approximate surface area is 170 Å². The summed E-state index contributed by atoms with van der Waals surface area (Å²) >= 11 is 3.73. The molecule has 1 amide bonds. The zero-order chi connectivity index (χ0) is 18.9. The Kier molecular flexibility index (Phi) is 4.74. The molecule has 0 bridgehead atoms. The van der Waals surface area contributed by atoms with Crippen LogP contribution >= 0.6 is 23.1 Å². The van der Waals surface area contributed by atoms with E-state index in [1.54, 1.807) is 11.3 Å². The van der Waals surface area contributed by atoms with E-state index in [9.17, 15) is 4.79 Å². The fourth-order valence-corrected chi connectivity index (χ4v) is 5.72. The molecule has 5 rings (SSSR count). The Hall–Kier alpha value is -2.45. The van der Waals surface area contributed by atoms with E-state index in [-0.39, 0.29) is 12.7 Å². The second-order valence-corrected chi connectivity index (χ2v) is 8.98. The van der Waals surface area contributed by atoms with Gasteiger partial charge in [0, 0.05) is 34.5 Å². The highest BCUT2D eigenvalue weighted by Gasteiger charge is 2.25. The number of aromatic nitrogens is 2. The van der Waals surface area contributed by atoms with Gasteiger partial charge in [-0.3, -0.25) is 9.89 Å². The summed E-state index contributed by atoms with van der Waals surface area (Å²) in [4.78, 5) is 16.3. The SMILES string of the molecule is O=C(c1cc(-c2ccc3c(c2)OCO3)n[nH]1)N1CCS[C@@H](c2cccs2)CC1. The minimum absolute atomic E-state index is 0.00641. The number of nitrogens with one attached hydrogen (secondary N) is 1. The fraction of sp³-hybridized carbons (Fsp3) is 0.300. The Morgan fingerprint density at radius 1 is 1.18 bits per heavy atom. The van der Waals surface area contributed by atoms with Crippen molar-refractivity contribution in [2.75, 3.05) is 25.6 Å². The van der Waals surface area contributed by atoms with Crippen molar-refractivity contribution >= 4 is 29.0 Å². The number of carbonyl (C=O) groups is 1. The molecule has 28 heavy (non-hydrogen) atoms. The molecule has 0 radical (unpaired) electrons. The lowest BCUT2D eigenvalue weighted by molar-refractivity contribution is 0.0760. The number of nitrogens with zero attached hydrogens (tertiary/aromatic N) is 2. The number of hydrogen-bond donors (Lipinski definition) is 1. The van der Waals surface area contributed by atoms with Crippen molar-refractivity contribution in [3.8, 4) is 22.8 Å². The summed E-state index contributed by atoms with van der Waals surface area (Å²) in [5.74, 6) is 2.39. The molecule has 3 aromatic rings. The zero-order valence-corrected chi connectivity index (χ0v) is 16.7. The van der Waals surface area contributed by atoms with Gasteiger partial charge in [-0.25, -0.2) is 0 Å². The number of benzene rings is 1. The van der Waals surface area contributed by atoms with Crippen molar-refractivity contribution in [1.82, 2.24) is 15.1 Å². The number of amides is 1. The number of thiophene rings is 1. The highest BCUT2D eigenvalue weighted by atomic mass is 32.2. The molecule has 1 saturated heterocycles. The molecule has 8 heteroatoms. The molecule has 1 aromatic carbocycles. The molecule has 0 spiro atoms. The molecule has 2 aromatic heterocycles. The van der Waals surface area contributed by atoms with Crippen LogP contribution in [-0.2, 0) is 0 Å². The van der Waals surface area contributed by atoms with Gasteiger partial charge in [0.2, 0.25) is 6.79 Å². The molecule has 144 valence electrons. The zero-order valence-electron chi connectivity index (χ0n) is 15.1. The van der Waals surface area contributed by atoms with Crippen LogP contribution in [0.3, 0.4) is 0 Å². The Morgan fingerprint density at radius 2 is 2.11 bits per heavy atom. The molecule has 2 aliphatic rings. The number of H-pyrrole nitrogens is 1. The standard InChI is InChI=1S/C20H19N3O3S2/c24-20(23-6-5-19(28-9-7-23)18-2-1-8-27-18)15-11-14(21-22-15)13-3-4-16-17(10-13)26-12-25-16/h1-4,8,10-11,19H,5-7,9,12H2,(H,21,22)/t19-/m1/s1. The van der Waals surface area contributed by atoms with Gasteiger partial charge in [0.15, 0.2) is 11.5 Å². The quantitative estimate of drug-likeness (QED) is 0.697. The lowest BCUT2D eigenvalue weighted by atomic mass is 10.1. The summed E-state index contributed by atoms with van der Waals surface area (Å²) in [6.45, 7) is 1.75. The first-order valence-corrected chi connectivity index (χ1v) is 11.1. The predicted molar refractivity (Wildman–Crippen MR) is 110 cm³/mol. The molecule has 1 N–H and O–H groups in total. The number of carbonyl (C=O) groups excluding carboxylic acids is 1. The Bertz CT molecular complexity index is 987. The van der Waals surface area contributed by atoms with Gasteiger partial charge in [-0.1, -0.05) is 6.07 Å². The first-order valence-electron chi connectivity index (χ1n) is 9.17. The van der Waals surface area contributed by atoms with Crippen LogP contribution in [0.4, 0.5) is 0 Å². The lowest BCUT2D eigenvalue weighted by Gasteiger charge is -2.19. The van der Waals surface area contributed by atoms with E-state index < -0.39 is 0 Å². The van der Waals surface area contributed by atoms with Crippen molar-refractivity contribution in [2.24, 2.45) is 0 Å². The molecule has 1 atom stereocenters. The highest BCUT2D eigenvalue weighted by molar-refractivity contribution is 7.99. The van der Waals surface area contributed by atoms with Gasteiger partial charge in [0.05, 0.1) is 5.69 Å². The van der Waals surface area contributed by atoms with Gasteiger partial charge >= 0.3 is 0 Å². The molecule has 0 unspecified atom stereocenters. The molecule has 2 aliphatic heterocycles. The van der Waals surface area contributed by atoms with Crippen molar-refractivity contribution in [2.45, 2.75) is 11.7 Å². The third-order valence-electron chi connectivity index (χ3n) is 4.97. The van der Waals surface area contributed by atoms with Crippen molar-refractivity contribution < 1.29 is 14.3 Å². The van der Waals surface area contributed by atoms with Crippen LogP contribution in [0.25, 0.3) is 11.3 Å². The summed E-state index contributed by atoms with van der Waals surface area (Å²) in [5, 5.41) is 9.84. The smallest absolute Gasteiger partial charge is 0.271 e. The van der Waals surface area contributed by atoms with Crippen molar-refractivity contribution in [1.29, 1.82) is 0 Å². The number of thioether (sulfide) groups is 1. The Balaban J connectivity index is 1.29. The summed E-state index contributed by atoms with van der Waals surface area (Å²) in [6, 6.07) is 11.8. The maximum absolute atomic E-state index is 13.0. The van der Waals surface area contributed by atoms with Gasteiger partial charge in [0.25, 0.3) is 5.91 Å². The lowest BCUT2D eigenvalue weighted by Crippen LogP contribution is -2.33. The molecule has 0 aliphatic carbocycles. The number of fused-ring (bicyclic) bond motifs is 1. The average molecular weight is 414 g/mol. The normalized spacial score (nSPS) is 18.9. The first-order chi connectivity index (χ1) is 13.8.